The molecule has 0 fully saturated rings. The highest BCUT2D eigenvalue weighted by molar-refractivity contribution is 6.21. The molecule has 2 aliphatic rings. The molecule has 0 spiro atoms. The number of ketones is 4. The number of hydrogen-bond acceptors (Lipinski definition) is 8. The van der Waals surface area contributed by atoms with Crippen molar-refractivity contribution in [2.75, 3.05) is 28.4 Å². The normalized spacial score (nSPS) is 15.5. The van der Waals surface area contributed by atoms with Crippen molar-refractivity contribution in [3.8, 4) is 11.8 Å². The molecule has 40 heavy (non-hydrogen) atoms. The van der Waals surface area contributed by atoms with Crippen LogP contribution in [0.4, 0.5) is 0 Å². The van der Waals surface area contributed by atoms with Gasteiger partial charge in [0, 0.05) is 36.1 Å². The first-order chi connectivity index (χ1) is 19.4. The highest BCUT2D eigenvalue weighted by atomic mass is 16.5. The second-order valence-electron chi connectivity index (χ2n) is 9.72. The van der Waals surface area contributed by atoms with Gasteiger partial charge in [0.1, 0.15) is 0 Å². The number of methoxy groups -OCH3 is 4. The van der Waals surface area contributed by atoms with Crippen LogP contribution in [-0.2, 0) is 38.1 Å². The Labute approximate surface area is 237 Å². The van der Waals surface area contributed by atoms with Crippen molar-refractivity contribution < 1.29 is 38.1 Å². The van der Waals surface area contributed by atoms with Gasteiger partial charge in [0.05, 0.1) is 28.4 Å². The molecule has 0 unspecified atom stereocenters. The molecule has 0 aromatic heterocycles. The lowest BCUT2D eigenvalue weighted by atomic mass is 9.94. The van der Waals surface area contributed by atoms with E-state index < -0.39 is 0 Å². The Morgan fingerprint density at radius 2 is 0.850 bits per heavy atom. The molecule has 8 nitrogen and oxygen atoms in total. The Morgan fingerprint density at radius 3 is 1.20 bits per heavy atom. The zero-order valence-electron chi connectivity index (χ0n) is 24.3. The van der Waals surface area contributed by atoms with E-state index in [1.165, 1.54) is 40.6 Å². The summed E-state index contributed by atoms with van der Waals surface area (Å²) in [6, 6.07) is 0. The van der Waals surface area contributed by atoms with Crippen LogP contribution in [0.25, 0.3) is 0 Å². The van der Waals surface area contributed by atoms with Crippen molar-refractivity contribution in [1.29, 1.82) is 0 Å². The number of carbonyl (C=O) groups is 4. The topological polar surface area (TPSA) is 105 Å². The van der Waals surface area contributed by atoms with E-state index in [1.807, 2.05) is 0 Å². The molecule has 0 heterocycles. The molecule has 2 aliphatic carbocycles. The third-order valence-corrected chi connectivity index (χ3v) is 6.95. The van der Waals surface area contributed by atoms with Crippen LogP contribution >= 0.6 is 0 Å². The largest absolute Gasteiger partial charge is 0.493 e. The monoisotopic (exact) mass is 554 g/mol. The quantitative estimate of drug-likeness (QED) is 0.122. The molecule has 0 radical (unpaired) electrons. The van der Waals surface area contributed by atoms with Crippen molar-refractivity contribution >= 4 is 23.1 Å². The average molecular weight is 555 g/mol. The highest BCUT2D eigenvalue weighted by Gasteiger charge is 2.30. The molecule has 0 bridgehead atoms. The zero-order chi connectivity index (χ0) is 29.3. The summed E-state index contributed by atoms with van der Waals surface area (Å²) in [5, 5.41) is 0. The third-order valence-electron chi connectivity index (χ3n) is 6.95. The number of Topliss-reactive ketones (excluding diaryl/α,β-unsaturated/α-hetero) is 2. The maximum Gasteiger partial charge on any atom is 0.227 e. The second-order valence-corrected chi connectivity index (χ2v) is 9.72. The summed E-state index contributed by atoms with van der Waals surface area (Å²) in [5.74, 6) is 5.75. The van der Waals surface area contributed by atoms with Gasteiger partial charge in [-0.1, -0.05) is 38.5 Å². The minimum absolute atomic E-state index is 0.0728. The number of allylic oxidation sites excluding steroid dienone is 4. The summed E-state index contributed by atoms with van der Waals surface area (Å²) >= 11 is 0. The Morgan fingerprint density at radius 1 is 0.500 bits per heavy atom. The SMILES string of the molecule is COC1=CC(=O)C(OC)=C(CCCCCCCC#CCCCCCCCC2=C(OC)C(=O)C=C(OC)C2=O)C1=O. The predicted octanol–water partition coefficient (Wildman–Crippen LogP) is 5.62. The third kappa shape index (κ3) is 9.55. The lowest BCUT2D eigenvalue weighted by molar-refractivity contribution is -0.120. The van der Waals surface area contributed by atoms with E-state index in [1.54, 1.807) is 0 Å². The molecule has 0 N–H and O–H groups in total. The fraction of sp³-hybridized carbons (Fsp3) is 0.562. The number of ether oxygens (including phenoxy) is 4. The van der Waals surface area contributed by atoms with Gasteiger partial charge in [0.15, 0.2) is 23.0 Å². The van der Waals surface area contributed by atoms with Crippen molar-refractivity contribution in [3.63, 3.8) is 0 Å². The fourth-order valence-electron chi connectivity index (χ4n) is 4.77. The Bertz CT molecular complexity index is 1040. The minimum atomic E-state index is -0.322. The minimum Gasteiger partial charge on any atom is -0.493 e. The van der Waals surface area contributed by atoms with Crippen LogP contribution in [0.15, 0.2) is 46.3 Å². The van der Waals surface area contributed by atoms with Gasteiger partial charge in [0.2, 0.25) is 23.1 Å². The van der Waals surface area contributed by atoms with Gasteiger partial charge in [-0.25, -0.2) is 0 Å². The fourth-order valence-corrected chi connectivity index (χ4v) is 4.77. The number of hydrogen-bond donors (Lipinski definition) is 0. The second kappa shape index (κ2) is 17.9. The van der Waals surface area contributed by atoms with Crippen molar-refractivity contribution in [2.45, 2.75) is 89.9 Å². The molecule has 8 heteroatoms. The zero-order valence-corrected chi connectivity index (χ0v) is 24.3. The van der Waals surface area contributed by atoms with E-state index >= 15 is 0 Å². The molecule has 0 atom stereocenters. The first kappa shape index (κ1) is 32.6. The molecule has 0 amide bonds. The van der Waals surface area contributed by atoms with Gasteiger partial charge in [-0.2, -0.15) is 0 Å². The van der Waals surface area contributed by atoms with Gasteiger partial charge in [0.25, 0.3) is 0 Å². The summed E-state index contributed by atoms with van der Waals surface area (Å²) in [5.41, 5.74) is 0.813. The van der Waals surface area contributed by atoms with E-state index in [0.29, 0.717) is 24.0 Å². The summed E-state index contributed by atoms with van der Waals surface area (Å²) < 4.78 is 20.4. The number of unbranched alkanes of at least 4 members (excludes halogenated alkanes) is 10. The molecular formula is C32H42O8. The van der Waals surface area contributed by atoms with E-state index in [4.69, 9.17) is 18.9 Å². The first-order valence-corrected chi connectivity index (χ1v) is 14.1. The first-order valence-electron chi connectivity index (χ1n) is 14.1. The van der Waals surface area contributed by atoms with Gasteiger partial charge >= 0.3 is 0 Å². The van der Waals surface area contributed by atoms with Crippen LogP contribution in [-0.4, -0.2) is 51.6 Å². The molecule has 0 aromatic rings. The summed E-state index contributed by atoms with van der Waals surface area (Å²) in [6.07, 6.45) is 15.1. The Kier molecular flexibility index (Phi) is 14.6. The molecular weight excluding hydrogens is 512 g/mol. The van der Waals surface area contributed by atoms with Gasteiger partial charge in [-0.05, 0) is 38.5 Å². The van der Waals surface area contributed by atoms with E-state index in [-0.39, 0.29) is 46.2 Å². The van der Waals surface area contributed by atoms with Crippen LogP contribution in [0.3, 0.4) is 0 Å². The van der Waals surface area contributed by atoms with Gasteiger partial charge < -0.3 is 18.9 Å². The molecule has 218 valence electrons. The van der Waals surface area contributed by atoms with Crippen LogP contribution < -0.4 is 0 Å². The molecule has 0 aliphatic heterocycles. The van der Waals surface area contributed by atoms with E-state index in [0.717, 1.165) is 77.0 Å². The molecule has 0 saturated carbocycles. The summed E-state index contributed by atoms with van der Waals surface area (Å²) in [7, 11) is 5.59. The molecule has 0 saturated heterocycles. The standard InChI is InChI=1S/C32H42O8/c1-37-27-21-25(33)31(39-3)23(29(27)35)19-17-15-13-11-9-7-5-6-8-10-12-14-16-18-20-24-30(36)28(38-2)22-26(34)32(24)40-4/h21-22H,7-20H2,1-4H3. The highest BCUT2D eigenvalue weighted by Crippen LogP contribution is 2.26. The maximum atomic E-state index is 12.4. The van der Waals surface area contributed by atoms with Crippen LogP contribution in [0.1, 0.15) is 89.9 Å². The van der Waals surface area contributed by atoms with Gasteiger partial charge in [-0.3, -0.25) is 19.2 Å². The summed E-state index contributed by atoms with van der Waals surface area (Å²) in [4.78, 5) is 49.1. The van der Waals surface area contributed by atoms with Crippen molar-refractivity contribution in [3.05, 3.63) is 46.3 Å². The van der Waals surface area contributed by atoms with E-state index in [9.17, 15) is 19.2 Å². The Balaban J connectivity index is 1.51. The molecule has 0 aromatic carbocycles. The average Bonchev–Trinajstić information content (AvgIpc) is 2.95. The lowest BCUT2D eigenvalue weighted by Crippen LogP contribution is -2.21. The Hall–Kier alpha value is -3.60. The van der Waals surface area contributed by atoms with Crippen LogP contribution in [0, 0.1) is 11.8 Å². The molecule has 2 rings (SSSR count). The maximum absolute atomic E-state index is 12.4. The number of rotatable bonds is 18. The smallest absolute Gasteiger partial charge is 0.227 e. The van der Waals surface area contributed by atoms with Gasteiger partial charge in [-0.15, -0.1) is 11.8 Å². The van der Waals surface area contributed by atoms with Crippen molar-refractivity contribution in [1.82, 2.24) is 0 Å². The van der Waals surface area contributed by atoms with Crippen LogP contribution in [0.5, 0.6) is 0 Å². The van der Waals surface area contributed by atoms with Crippen molar-refractivity contribution in [2.24, 2.45) is 0 Å². The number of carbonyl (C=O) groups excluding carboxylic acids is 4. The van der Waals surface area contributed by atoms with E-state index in [2.05, 4.69) is 11.8 Å². The predicted molar refractivity (Wildman–Crippen MR) is 151 cm³/mol. The van der Waals surface area contributed by atoms with Crippen LogP contribution in [0.2, 0.25) is 0 Å². The lowest BCUT2D eigenvalue weighted by Gasteiger charge is -2.17. The summed E-state index contributed by atoms with van der Waals surface area (Å²) in [6.45, 7) is 0.